The molecule has 1 aliphatic rings. The van der Waals surface area contributed by atoms with Gasteiger partial charge in [0.1, 0.15) is 0 Å². The molecule has 1 heterocycles. The van der Waals surface area contributed by atoms with E-state index in [9.17, 15) is 0 Å². The van der Waals surface area contributed by atoms with Crippen LogP contribution in [0.2, 0.25) is 0 Å². The van der Waals surface area contributed by atoms with Crippen molar-refractivity contribution >= 4 is 32.6 Å². The predicted molar refractivity (Wildman–Crippen MR) is 187 cm³/mol. The highest BCUT2D eigenvalue weighted by atomic mass is 15.0. The Kier molecular flexibility index (Phi) is 5.31. The van der Waals surface area contributed by atoms with Crippen molar-refractivity contribution in [2.24, 2.45) is 0 Å². The minimum absolute atomic E-state index is 0.123. The van der Waals surface area contributed by atoms with Crippen LogP contribution in [0.15, 0.2) is 152 Å². The Bertz CT molecular complexity index is 2390. The van der Waals surface area contributed by atoms with Crippen molar-refractivity contribution in [3.8, 4) is 39.1 Å². The van der Waals surface area contributed by atoms with Gasteiger partial charge < -0.3 is 4.57 Å². The Morgan fingerprint density at radius 1 is 0.409 bits per heavy atom. The van der Waals surface area contributed by atoms with E-state index in [1.54, 1.807) is 0 Å². The minimum atomic E-state index is -0.123. The van der Waals surface area contributed by atoms with E-state index >= 15 is 0 Å². The summed E-state index contributed by atoms with van der Waals surface area (Å²) in [6.07, 6.45) is 0. The zero-order chi connectivity index (χ0) is 29.4. The molecule has 1 heteroatoms. The molecule has 7 aromatic carbocycles. The van der Waals surface area contributed by atoms with Gasteiger partial charge in [-0.25, -0.2) is 0 Å². The largest absolute Gasteiger partial charge is 0.309 e. The molecule has 0 aliphatic heterocycles. The number of hydrogen-bond acceptors (Lipinski definition) is 0. The average molecular weight is 562 g/mol. The Balaban J connectivity index is 1.28. The molecule has 0 radical (unpaired) electrons. The van der Waals surface area contributed by atoms with Crippen LogP contribution < -0.4 is 0 Å². The molecule has 0 spiro atoms. The first kappa shape index (κ1) is 25.1. The van der Waals surface area contributed by atoms with Crippen LogP contribution in [-0.2, 0) is 5.41 Å². The molecule has 0 saturated carbocycles. The molecule has 9 rings (SSSR count). The minimum Gasteiger partial charge on any atom is -0.309 e. The van der Waals surface area contributed by atoms with Crippen LogP contribution in [-0.4, -0.2) is 4.57 Å². The molecular formula is C43H31N. The number of rotatable bonds is 3. The lowest BCUT2D eigenvalue weighted by Gasteiger charge is -2.23. The summed E-state index contributed by atoms with van der Waals surface area (Å²) in [4.78, 5) is 0. The van der Waals surface area contributed by atoms with Crippen molar-refractivity contribution in [2.75, 3.05) is 0 Å². The third-order valence-electron chi connectivity index (χ3n) is 9.79. The van der Waals surface area contributed by atoms with Crippen molar-refractivity contribution in [2.45, 2.75) is 19.3 Å². The van der Waals surface area contributed by atoms with Crippen molar-refractivity contribution in [1.29, 1.82) is 0 Å². The van der Waals surface area contributed by atoms with Gasteiger partial charge in [-0.05, 0) is 97.7 Å². The van der Waals surface area contributed by atoms with Gasteiger partial charge in [0, 0.05) is 21.9 Å². The molecule has 0 fully saturated rings. The van der Waals surface area contributed by atoms with Gasteiger partial charge in [0.2, 0.25) is 0 Å². The van der Waals surface area contributed by atoms with Crippen molar-refractivity contribution in [3.05, 3.63) is 163 Å². The van der Waals surface area contributed by atoms with Crippen LogP contribution in [0.25, 0.3) is 71.6 Å². The summed E-state index contributed by atoms with van der Waals surface area (Å²) in [5.41, 5.74) is 14.1. The Morgan fingerprint density at radius 3 is 1.84 bits per heavy atom. The second-order valence-corrected chi connectivity index (χ2v) is 12.6. The van der Waals surface area contributed by atoms with Crippen molar-refractivity contribution in [1.82, 2.24) is 4.57 Å². The quantitative estimate of drug-likeness (QED) is 0.202. The van der Waals surface area contributed by atoms with Gasteiger partial charge in [0.15, 0.2) is 0 Å². The third kappa shape index (κ3) is 3.53. The molecule has 0 amide bonds. The Hall–Kier alpha value is -5.40. The summed E-state index contributed by atoms with van der Waals surface area (Å²) in [5.74, 6) is 0. The molecule has 1 nitrogen and oxygen atoms in total. The summed E-state index contributed by atoms with van der Waals surface area (Å²) in [6.45, 7) is 4.78. The third-order valence-corrected chi connectivity index (χ3v) is 9.79. The summed E-state index contributed by atoms with van der Waals surface area (Å²) < 4.78 is 2.39. The predicted octanol–water partition coefficient (Wildman–Crippen LogP) is 11.6. The first-order valence-electron chi connectivity index (χ1n) is 15.5. The van der Waals surface area contributed by atoms with Crippen LogP contribution >= 0.6 is 0 Å². The van der Waals surface area contributed by atoms with Crippen molar-refractivity contribution < 1.29 is 0 Å². The molecule has 8 aromatic rings. The lowest BCUT2D eigenvalue weighted by atomic mass is 9.80. The molecule has 44 heavy (non-hydrogen) atoms. The van der Waals surface area contributed by atoms with E-state index in [1.165, 1.54) is 82.8 Å². The number of aromatic nitrogens is 1. The van der Waals surface area contributed by atoms with E-state index < -0.39 is 0 Å². The molecule has 0 bridgehead atoms. The number of nitrogens with zero attached hydrogens (tertiary/aromatic N) is 1. The second-order valence-electron chi connectivity index (χ2n) is 12.6. The van der Waals surface area contributed by atoms with Gasteiger partial charge in [-0.15, -0.1) is 0 Å². The highest BCUT2D eigenvalue weighted by molar-refractivity contribution is 6.13. The van der Waals surface area contributed by atoms with E-state index in [-0.39, 0.29) is 5.41 Å². The summed E-state index contributed by atoms with van der Waals surface area (Å²) in [5, 5.41) is 5.18. The van der Waals surface area contributed by atoms with Gasteiger partial charge in [-0.2, -0.15) is 0 Å². The van der Waals surface area contributed by atoms with Gasteiger partial charge in [-0.1, -0.05) is 123 Å². The smallest absolute Gasteiger partial charge is 0.0541 e. The maximum absolute atomic E-state index is 2.48. The zero-order valence-corrected chi connectivity index (χ0v) is 24.9. The summed E-state index contributed by atoms with van der Waals surface area (Å²) in [6, 6.07) is 55.8. The van der Waals surface area contributed by atoms with E-state index in [0.29, 0.717) is 0 Å². The number of para-hydroxylation sites is 2. The van der Waals surface area contributed by atoms with Crippen LogP contribution in [0.1, 0.15) is 25.0 Å². The fourth-order valence-corrected chi connectivity index (χ4v) is 7.63. The van der Waals surface area contributed by atoms with Crippen LogP contribution in [0.5, 0.6) is 0 Å². The van der Waals surface area contributed by atoms with Crippen molar-refractivity contribution in [3.63, 3.8) is 0 Å². The van der Waals surface area contributed by atoms with Gasteiger partial charge in [-0.3, -0.25) is 0 Å². The number of hydrogen-bond donors (Lipinski definition) is 0. The first-order chi connectivity index (χ1) is 21.6. The molecule has 0 saturated heterocycles. The number of benzene rings is 7. The highest BCUT2D eigenvalue weighted by Gasteiger charge is 2.37. The topological polar surface area (TPSA) is 4.93 Å². The highest BCUT2D eigenvalue weighted by Crippen LogP contribution is 2.54. The molecular weight excluding hydrogens is 530 g/mol. The van der Waals surface area contributed by atoms with Crippen LogP contribution in [0, 0.1) is 0 Å². The Morgan fingerprint density at radius 2 is 1.05 bits per heavy atom. The molecule has 208 valence electrons. The summed E-state index contributed by atoms with van der Waals surface area (Å²) >= 11 is 0. The van der Waals surface area contributed by atoms with E-state index in [4.69, 9.17) is 0 Å². The fourth-order valence-electron chi connectivity index (χ4n) is 7.63. The maximum atomic E-state index is 2.48. The molecule has 1 aliphatic carbocycles. The van der Waals surface area contributed by atoms with Gasteiger partial charge in [0.25, 0.3) is 0 Å². The lowest BCUT2D eigenvalue weighted by molar-refractivity contribution is 0.661. The molecule has 0 N–H and O–H groups in total. The Labute approximate surface area is 257 Å². The molecule has 0 atom stereocenters. The number of fused-ring (bicyclic) bond motifs is 8. The fraction of sp³-hybridized carbons (Fsp3) is 0.0698. The lowest BCUT2D eigenvalue weighted by Crippen LogP contribution is -2.15. The van der Waals surface area contributed by atoms with Crippen LogP contribution in [0.4, 0.5) is 0 Å². The van der Waals surface area contributed by atoms with E-state index in [1.807, 2.05) is 0 Å². The van der Waals surface area contributed by atoms with Gasteiger partial charge >= 0.3 is 0 Å². The normalized spacial score (nSPS) is 13.4. The maximum Gasteiger partial charge on any atom is 0.0541 e. The van der Waals surface area contributed by atoms with Gasteiger partial charge in [0.05, 0.1) is 11.0 Å². The standard InChI is InChI=1S/C43H31N/c1-43(2)38-26-29(28-13-5-3-6-14-28)21-23-35(38)42-34-19-10-9-17-32(34)36(27-39(42)43)30-22-24-41-37(25-30)33-18-11-12-20-40(33)44(41)31-15-7-4-8-16-31/h3-27H,1-2H3. The van der Waals surface area contributed by atoms with E-state index in [2.05, 4.69) is 170 Å². The summed E-state index contributed by atoms with van der Waals surface area (Å²) in [7, 11) is 0. The molecule has 0 unspecified atom stereocenters. The second kappa shape index (κ2) is 9.30. The van der Waals surface area contributed by atoms with Crippen LogP contribution in [0.3, 0.4) is 0 Å². The SMILES string of the molecule is CC1(C)c2cc(-c3ccccc3)ccc2-c2c1cc(-c1ccc3c(c1)c1ccccc1n3-c1ccccc1)c1ccccc21. The molecule has 1 aromatic heterocycles. The van der Waals surface area contributed by atoms with E-state index in [0.717, 1.165) is 0 Å². The monoisotopic (exact) mass is 561 g/mol. The average Bonchev–Trinajstić information content (AvgIpc) is 3.53. The zero-order valence-electron chi connectivity index (χ0n) is 24.9. The first-order valence-corrected chi connectivity index (χ1v) is 15.5.